The summed E-state index contributed by atoms with van der Waals surface area (Å²) in [6.07, 6.45) is 0. The van der Waals surface area contributed by atoms with Crippen molar-refractivity contribution in [2.75, 3.05) is 20.2 Å². The first kappa shape index (κ1) is 13.9. The van der Waals surface area contributed by atoms with Gasteiger partial charge in [0.1, 0.15) is 5.75 Å². The van der Waals surface area contributed by atoms with Gasteiger partial charge in [0.2, 0.25) is 0 Å². The van der Waals surface area contributed by atoms with Crippen LogP contribution >= 0.6 is 0 Å². The van der Waals surface area contributed by atoms with Crippen LogP contribution in [0.25, 0.3) is 0 Å². The van der Waals surface area contributed by atoms with E-state index >= 15 is 0 Å². The van der Waals surface area contributed by atoms with Gasteiger partial charge in [0.25, 0.3) is 0 Å². The van der Waals surface area contributed by atoms with Crippen molar-refractivity contribution in [3.05, 3.63) is 29.8 Å². The average molecular weight is 211 g/mol. The van der Waals surface area contributed by atoms with Gasteiger partial charge in [-0.3, -0.25) is 4.90 Å². The fourth-order valence-electron chi connectivity index (χ4n) is 1.52. The van der Waals surface area contributed by atoms with Crippen molar-refractivity contribution >= 4 is 0 Å². The van der Waals surface area contributed by atoms with Crippen LogP contribution in [0.1, 0.15) is 19.4 Å². The lowest BCUT2D eigenvalue weighted by molar-refractivity contribution is 0.289. The Morgan fingerprint density at radius 2 is 1.73 bits per heavy atom. The van der Waals surface area contributed by atoms with Crippen molar-refractivity contribution in [3.8, 4) is 5.75 Å². The zero-order chi connectivity index (χ0) is 10.4. The van der Waals surface area contributed by atoms with Gasteiger partial charge in [0.05, 0.1) is 7.11 Å². The number of para-hydroxylation sites is 1. The Hall–Kier alpha value is -1.06. The van der Waals surface area contributed by atoms with Gasteiger partial charge in [0.15, 0.2) is 0 Å². The van der Waals surface area contributed by atoms with Gasteiger partial charge in [-0.1, -0.05) is 32.0 Å². The molecule has 3 nitrogen and oxygen atoms in total. The SMILES string of the molecule is CCN(CC)Cc1ccccc1OC.O. The van der Waals surface area contributed by atoms with Gasteiger partial charge in [0, 0.05) is 12.1 Å². The molecule has 15 heavy (non-hydrogen) atoms. The van der Waals surface area contributed by atoms with Crippen LogP contribution in [0.15, 0.2) is 24.3 Å². The highest BCUT2D eigenvalue weighted by Gasteiger charge is 2.05. The monoisotopic (exact) mass is 211 g/mol. The Bertz CT molecular complexity index is 272. The summed E-state index contributed by atoms with van der Waals surface area (Å²) in [6, 6.07) is 8.20. The van der Waals surface area contributed by atoms with Crippen molar-refractivity contribution in [2.45, 2.75) is 20.4 Å². The number of hydrogen-bond donors (Lipinski definition) is 0. The number of benzene rings is 1. The third-order valence-corrected chi connectivity index (χ3v) is 2.48. The summed E-state index contributed by atoms with van der Waals surface area (Å²) in [7, 11) is 1.72. The minimum Gasteiger partial charge on any atom is -0.496 e. The predicted octanol–water partition coefficient (Wildman–Crippen LogP) is 1.71. The largest absolute Gasteiger partial charge is 0.496 e. The fraction of sp³-hybridized carbons (Fsp3) is 0.500. The molecule has 0 spiro atoms. The van der Waals surface area contributed by atoms with Gasteiger partial charge in [-0.2, -0.15) is 0 Å². The summed E-state index contributed by atoms with van der Waals surface area (Å²) in [6.45, 7) is 7.48. The van der Waals surface area contributed by atoms with E-state index in [1.54, 1.807) is 7.11 Å². The predicted molar refractivity (Wildman–Crippen MR) is 63.2 cm³/mol. The molecule has 0 aromatic heterocycles. The molecular formula is C12H21NO2. The molecule has 0 saturated heterocycles. The highest BCUT2D eigenvalue weighted by atomic mass is 16.5. The van der Waals surface area contributed by atoms with E-state index in [9.17, 15) is 0 Å². The van der Waals surface area contributed by atoms with Crippen LogP contribution < -0.4 is 4.74 Å². The molecule has 86 valence electrons. The Labute approximate surface area is 92.0 Å². The minimum absolute atomic E-state index is 0. The van der Waals surface area contributed by atoms with Crippen molar-refractivity contribution in [1.29, 1.82) is 0 Å². The number of ether oxygens (including phenoxy) is 1. The minimum atomic E-state index is 0. The number of rotatable bonds is 5. The third kappa shape index (κ3) is 3.90. The van der Waals surface area contributed by atoms with E-state index in [-0.39, 0.29) is 5.48 Å². The second-order valence-electron chi connectivity index (χ2n) is 3.27. The molecule has 0 bridgehead atoms. The summed E-state index contributed by atoms with van der Waals surface area (Å²) in [5.74, 6) is 0.986. The van der Waals surface area contributed by atoms with Crippen LogP contribution in [-0.2, 0) is 6.54 Å². The third-order valence-electron chi connectivity index (χ3n) is 2.48. The van der Waals surface area contributed by atoms with Crippen LogP contribution in [0.3, 0.4) is 0 Å². The molecule has 0 atom stereocenters. The number of nitrogens with zero attached hydrogens (tertiary/aromatic N) is 1. The van der Waals surface area contributed by atoms with E-state index in [0.717, 1.165) is 25.4 Å². The first-order valence-corrected chi connectivity index (χ1v) is 5.16. The van der Waals surface area contributed by atoms with Gasteiger partial charge >= 0.3 is 0 Å². The van der Waals surface area contributed by atoms with Gasteiger partial charge in [-0.05, 0) is 19.2 Å². The molecule has 1 rings (SSSR count). The Kier molecular flexibility index (Phi) is 6.75. The molecule has 1 aromatic carbocycles. The van der Waals surface area contributed by atoms with Crippen LogP contribution in [0.5, 0.6) is 5.75 Å². The molecule has 0 radical (unpaired) electrons. The van der Waals surface area contributed by atoms with E-state index in [1.165, 1.54) is 5.56 Å². The van der Waals surface area contributed by atoms with Gasteiger partial charge in [-0.15, -0.1) is 0 Å². The molecular weight excluding hydrogens is 190 g/mol. The average Bonchev–Trinajstić information content (AvgIpc) is 2.26. The molecule has 0 amide bonds. The highest BCUT2D eigenvalue weighted by molar-refractivity contribution is 5.32. The normalized spacial score (nSPS) is 9.87. The summed E-state index contributed by atoms with van der Waals surface area (Å²) in [4.78, 5) is 2.37. The Morgan fingerprint density at radius 1 is 1.13 bits per heavy atom. The van der Waals surface area contributed by atoms with Crippen LogP contribution in [0.2, 0.25) is 0 Å². The fourth-order valence-corrected chi connectivity index (χ4v) is 1.52. The van der Waals surface area contributed by atoms with E-state index in [4.69, 9.17) is 4.74 Å². The number of hydrogen-bond acceptors (Lipinski definition) is 2. The van der Waals surface area contributed by atoms with Crippen molar-refractivity contribution in [1.82, 2.24) is 4.90 Å². The van der Waals surface area contributed by atoms with Crippen LogP contribution in [0, 0.1) is 0 Å². The maximum atomic E-state index is 5.31. The highest BCUT2D eigenvalue weighted by Crippen LogP contribution is 2.18. The summed E-state index contributed by atoms with van der Waals surface area (Å²) < 4.78 is 5.31. The molecule has 0 aliphatic heterocycles. The lowest BCUT2D eigenvalue weighted by Gasteiger charge is -2.19. The zero-order valence-electron chi connectivity index (χ0n) is 9.79. The summed E-state index contributed by atoms with van der Waals surface area (Å²) in [5, 5.41) is 0. The molecule has 0 aliphatic rings. The quantitative estimate of drug-likeness (QED) is 0.744. The van der Waals surface area contributed by atoms with E-state index in [0.29, 0.717) is 0 Å². The Morgan fingerprint density at radius 3 is 2.27 bits per heavy atom. The molecule has 0 unspecified atom stereocenters. The second kappa shape index (κ2) is 7.26. The summed E-state index contributed by atoms with van der Waals surface area (Å²) >= 11 is 0. The van der Waals surface area contributed by atoms with Crippen LogP contribution in [0.4, 0.5) is 0 Å². The van der Waals surface area contributed by atoms with Crippen molar-refractivity contribution in [2.24, 2.45) is 0 Å². The standard InChI is InChI=1S/C12H19NO.H2O/c1-4-13(5-2)10-11-8-6-7-9-12(11)14-3;/h6-9H,4-5,10H2,1-3H3;1H2. The summed E-state index contributed by atoms with van der Waals surface area (Å²) in [5.41, 5.74) is 1.26. The van der Waals surface area contributed by atoms with Gasteiger partial charge in [-0.25, -0.2) is 0 Å². The molecule has 0 fully saturated rings. The molecule has 3 heteroatoms. The molecule has 0 aliphatic carbocycles. The first-order chi connectivity index (χ1) is 6.81. The first-order valence-electron chi connectivity index (χ1n) is 5.16. The molecule has 2 N–H and O–H groups in total. The van der Waals surface area contributed by atoms with E-state index < -0.39 is 0 Å². The smallest absolute Gasteiger partial charge is 0.123 e. The van der Waals surface area contributed by atoms with Crippen molar-refractivity contribution in [3.63, 3.8) is 0 Å². The van der Waals surface area contributed by atoms with E-state index in [1.807, 2.05) is 12.1 Å². The lowest BCUT2D eigenvalue weighted by atomic mass is 10.2. The molecule has 0 heterocycles. The second-order valence-corrected chi connectivity index (χ2v) is 3.27. The topological polar surface area (TPSA) is 44.0 Å². The zero-order valence-corrected chi connectivity index (χ0v) is 9.79. The molecule has 1 aromatic rings. The number of methoxy groups -OCH3 is 1. The van der Waals surface area contributed by atoms with Crippen LogP contribution in [-0.4, -0.2) is 30.6 Å². The maximum Gasteiger partial charge on any atom is 0.123 e. The lowest BCUT2D eigenvalue weighted by Crippen LogP contribution is -2.22. The Balaban J connectivity index is 0.00000196. The molecule has 0 saturated carbocycles. The van der Waals surface area contributed by atoms with Crippen molar-refractivity contribution < 1.29 is 10.2 Å². The maximum absolute atomic E-state index is 5.31. The van der Waals surface area contributed by atoms with E-state index in [2.05, 4.69) is 30.9 Å². The van der Waals surface area contributed by atoms with Gasteiger partial charge < -0.3 is 10.2 Å².